The van der Waals surface area contributed by atoms with Crippen LogP contribution >= 0.6 is 11.3 Å². The maximum Gasteiger partial charge on any atom is 0.337 e. The summed E-state index contributed by atoms with van der Waals surface area (Å²) in [5.41, 5.74) is 0.545. The Hall–Kier alpha value is -2.76. The molecular formula is C22H26N2O7S2. The van der Waals surface area contributed by atoms with Gasteiger partial charge in [0.25, 0.3) is 0 Å². The molecule has 2 N–H and O–H groups in total. The van der Waals surface area contributed by atoms with Gasteiger partial charge >= 0.3 is 11.9 Å². The van der Waals surface area contributed by atoms with E-state index in [2.05, 4.69) is 10.0 Å². The Balaban J connectivity index is 1.57. The number of esters is 2. The first kappa shape index (κ1) is 24.9. The van der Waals surface area contributed by atoms with E-state index in [1.165, 1.54) is 43.8 Å². The second-order valence-corrected chi connectivity index (χ2v) is 10.7. The Kier molecular flexibility index (Phi) is 8.22. The summed E-state index contributed by atoms with van der Waals surface area (Å²) in [6.07, 6.45) is 2.64. The summed E-state index contributed by atoms with van der Waals surface area (Å²) < 4.78 is 36.9. The minimum Gasteiger partial charge on any atom is -0.465 e. The Morgan fingerprint density at radius 3 is 2.12 bits per heavy atom. The van der Waals surface area contributed by atoms with Gasteiger partial charge in [0.1, 0.15) is 4.21 Å². The largest absolute Gasteiger partial charge is 0.465 e. The van der Waals surface area contributed by atoms with Crippen LogP contribution in [0.1, 0.15) is 46.4 Å². The lowest BCUT2D eigenvalue weighted by molar-refractivity contribution is -0.121. The standard InChI is InChI=1S/C22H26N2O7S2/c1-30-21(26)16-10-17(22(27)31-2)12-18(11-16)24-20(25)15-7-5-14(6-8-15)13-23-33(28,29)19-4-3-9-32-19/h3-4,9-12,14-15,23H,5-8,13H2,1-2H3,(H,24,25). The third-order valence-electron chi connectivity index (χ3n) is 5.58. The maximum absolute atomic E-state index is 12.8. The second-order valence-electron chi connectivity index (χ2n) is 7.77. The van der Waals surface area contributed by atoms with Crippen molar-refractivity contribution >= 4 is 44.9 Å². The Morgan fingerprint density at radius 1 is 1.00 bits per heavy atom. The number of nitrogens with one attached hydrogen (secondary N) is 2. The minimum atomic E-state index is -3.50. The van der Waals surface area contributed by atoms with Gasteiger partial charge in [-0.2, -0.15) is 0 Å². The first-order chi connectivity index (χ1) is 15.7. The van der Waals surface area contributed by atoms with Gasteiger partial charge in [0.15, 0.2) is 0 Å². The van der Waals surface area contributed by atoms with Crippen LogP contribution in [0.2, 0.25) is 0 Å². The van der Waals surface area contributed by atoms with Gasteiger partial charge in [-0.15, -0.1) is 11.3 Å². The number of ether oxygens (including phenoxy) is 2. The molecule has 0 atom stereocenters. The van der Waals surface area contributed by atoms with E-state index in [0.717, 1.165) is 0 Å². The van der Waals surface area contributed by atoms with Crippen LogP contribution in [0.25, 0.3) is 0 Å². The molecule has 0 unspecified atom stereocenters. The third kappa shape index (κ3) is 6.40. The lowest BCUT2D eigenvalue weighted by atomic mass is 9.81. The van der Waals surface area contributed by atoms with Gasteiger partial charge in [-0.05, 0) is 61.2 Å². The van der Waals surface area contributed by atoms with Crippen molar-refractivity contribution in [1.82, 2.24) is 4.72 Å². The number of carbonyl (C=O) groups excluding carboxylic acids is 3. The molecular weight excluding hydrogens is 468 g/mol. The highest BCUT2D eigenvalue weighted by Crippen LogP contribution is 2.30. The molecule has 1 aromatic carbocycles. The maximum atomic E-state index is 12.8. The summed E-state index contributed by atoms with van der Waals surface area (Å²) in [5.74, 6) is -1.59. The zero-order valence-electron chi connectivity index (χ0n) is 18.3. The summed E-state index contributed by atoms with van der Waals surface area (Å²) in [6.45, 7) is 0.332. The molecule has 1 heterocycles. The molecule has 0 aliphatic heterocycles. The lowest BCUT2D eigenvalue weighted by Crippen LogP contribution is -2.33. The minimum absolute atomic E-state index is 0.123. The monoisotopic (exact) mass is 494 g/mol. The van der Waals surface area contributed by atoms with E-state index < -0.39 is 22.0 Å². The third-order valence-corrected chi connectivity index (χ3v) is 8.40. The van der Waals surface area contributed by atoms with Crippen molar-refractivity contribution in [2.45, 2.75) is 29.9 Å². The van der Waals surface area contributed by atoms with Gasteiger partial charge in [-0.1, -0.05) is 6.07 Å². The zero-order chi connectivity index (χ0) is 24.0. The van der Waals surface area contributed by atoms with Crippen molar-refractivity contribution in [3.63, 3.8) is 0 Å². The summed E-state index contributed by atoms with van der Waals surface area (Å²) >= 11 is 1.17. The number of amides is 1. The predicted octanol–water partition coefficient (Wildman–Crippen LogP) is 3.04. The van der Waals surface area contributed by atoms with E-state index in [4.69, 9.17) is 9.47 Å². The van der Waals surface area contributed by atoms with Gasteiger partial charge < -0.3 is 14.8 Å². The average molecular weight is 495 g/mol. The molecule has 178 valence electrons. The van der Waals surface area contributed by atoms with Crippen molar-refractivity contribution in [2.75, 3.05) is 26.1 Å². The summed E-state index contributed by atoms with van der Waals surface area (Å²) in [5, 5.41) is 4.49. The molecule has 0 bridgehead atoms. The number of methoxy groups -OCH3 is 2. The van der Waals surface area contributed by atoms with Gasteiger partial charge in [-0.25, -0.2) is 22.7 Å². The number of rotatable bonds is 8. The van der Waals surface area contributed by atoms with E-state index in [9.17, 15) is 22.8 Å². The highest BCUT2D eigenvalue weighted by atomic mass is 32.2. The van der Waals surface area contributed by atoms with Crippen molar-refractivity contribution in [2.24, 2.45) is 11.8 Å². The van der Waals surface area contributed by atoms with E-state index in [-0.39, 0.29) is 33.1 Å². The Morgan fingerprint density at radius 2 is 1.61 bits per heavy atom. The zero-order valence-corrected chi connectivity index (χ0v) is 20.0. The van der Waals surface area contributed by atoms with Crippen molar-refractivity contribution in [3.05, 3.63) is 46.8 Å². The van der Waals surface area contributed by atoms with Crippen LogP contribution in [0.4, 0.5) is 5.69 Å². The van der Waals surface area contributed by atoms with Crippen molar-refractivity contribution < 1.29 is 32.3 Å². The van der Waals surface area contributed by atoms with Crippen LogP contribution in [-0.2, 0) is 24.3 Å². The summed E-state index contributed by atoms with van der Waals surface area (Å²) in [4.78, 5) is 36.6. The molecule has 0 spiro atoms. The van der Waals surface area contributed by atoms with E-state index in [0.29, 0.717) is 37.9 Å². The number of anilines is 1. The van der Waals surface area contributed by atoms with E-state index >= 15 is 0 Å². The number of thiophene rings is 1. The van der Waals surface area contributed by atoms with Crippen LogP contribution in [0, 0.1) is 11.8 Å². The molecule has 33 heavy (non-hydrogen) atoms. The molecule has 2 aromatic rings. The molecule has 9 nitrogen and oxygen atoms in total. The molecule has 1 fully saturated rings. The molecule has 0 radical (unpaired) electrons. The van der Waals surface area contributed by atoms with Gasteiger partial charge in [0.05, 0.1) is 25.3 Å². The second kappa shape index (κ2) is 10.9. The fourth-order valence-corrected chi connectivity index (χ4v) is 5.91. The molecule has 1 saturated carbocycles. The van der Waals surface area contributed by atoms with E-state index in [1.54, 1.807) is 17.5 Å². The molecule has 0 saturated heterocycles. The molecule has 1 aliphatic rings. The fraction of sp³-hybridized carbons (Fsp3) is 0.409. The van der Waals surface area contributed by atoms with Gasteiger partial charge in [0.2, 0.25) is 15.9 Å². The fourth-order valence-electron chi connectivity index (χ4n) is 3.76. The first-order valence-corrected chi connectivity index (χ1v) is 12.8. The summed E-state index contributed by atoms with van der Waals surface area (Å²) in [7, 11) is -1.05. The Bertz CT molecular complexity index is 1070. The van der Waals surface area contributed by atoms with Gasteiger partial charge in [0, 0.05) is 18.2 Å². The molecule has 1 aromatic heterocycles. The van der Waals surface area contributed by atoms with Crippen LogP contribution < -0.4 is 10.0 Å². The van der Waals surface area contributed by atoms with E-state index in [1.807, 2.05) is 0 Å². The average Bonchev–Trinajstić information content (AvgIpc) is 3.38. The number of sulfonamides is 1. The topological polar surface area (TPSA) is 128 Å². The Labute approximate surface area is 196 Å². The smallest absolute Gasteiger partial charge is 0.337 e. The predicted molar refractivity (Wildman–Crippen MR) is 123 cm³/mol. The summed E-state index contributed by atoms with van der Waals surface area (Å²) in [6, 6.07) is 7.49. The lowest BCUT2D eigenvalue weighted by Gasteiger charge is -2.27. The highest BCUT2D eigenvalue weighted by Gasteiger charge is 2.28. The van der Waals surface area contributed by atoms with Crippen LogP contribution in [0.3, 0.4) is 0 Å². The van der Waals surface area contributed by atoms with Crippen LogP contribution in [0.15, 0.2) is 39.9 Å². The first-order valence-electron chi connectivity index (χ1n) is 10.4. The van der Waals surface area contributed by atoms with Gasteiger partial charge in [-0.3, -0.25) is 4.79 Å². The molecule has 1 amide bonds. The van der Waals surface area contributed by atoms with Crippen LogP contribution in [0.5, 0.6) is 0 Å². The molecule has 3 rings (SSSR count). The number of hydrogen-bond acceptors (Lipinski definition) is 8. The molecule has 1 aliphatic carbocycles. The van der Waals surface area contributed by atoms with Crippen LogP contribution in [-0.4, -0.2) is 47.0 Å². The highest BCUT2D eigenvalue weighted by molar-refractivity contribution is 7.91. The molecule has 11 heteroatoms. The number of hydrogen-bond donors (Lipinski definition) is 2. The quantitative estimate of drug-likeness (QED) is 0.540. The normalized spacial score (nSPS) is 18.4. The number of carbonyl (C=O) groups is 3. The SMILES string of the molecule is COC(=O)c1cc(NC(=O)C2CCC(CNS(=O)(=O)c3cccs3)CC2)cc(C(=O)OC)c1. The number of benzene rings is 1. The van der Waals surface area contributed by atoms with Crippen molar-refractivity contribution in [1.29, 1.82) is 0 Å². The van der Waals surface area contributed by atoms with Crippen molar-refractivity contribution in [3.8, 4) is 0 Å².